The van der Waals surface area contributed by atoms with Gasteiger partial charge < -0.3 is 5.73 Å². The Labute approximate surface area is 186 Å². The van der Waals surface area contributed by atoms with Gasteiger partial charge in [0.05, 0.1) is 17.6 Å². The van der Waals surface area contributed by atoms with Gasteiger partial charge in [-0.1, -0.05) is 61.3 Å². The maximum absolute atomic E-state index is 13.4. The van der Waals surface area contributed by atoms with Crippen molar-refractivity contribution >= 4 is 34.7 Å². The number of nitrogens with zero attached hydrogens (tertiary/aromatic N) is 2. The third-order valence-corrected chi connectivity index (χ3v) is 6.23. The number of carbonyl (C=O) groups is 1. The second-order valence-electron chi connectivity index (χ2n) is 8.48. The molecule has 0 bridgehead atoms. The van der Waals surface area contributed by atoms with Crippen LogP contribution in [-0.4, -0.2) is 5.78 Å². The normalized spacial score (nSPS) is 20.8. The average molecular weight is 438 g/mol. The zero-order chi connectivity index (χ0) is 21.6. The molecular weight excluding hydrogens is 417 g/mol. The van der Waals surface area contributed by atoms with E-state index in [9.17, 15) is 10.1 Å². The maximum Gasteiger partial charge on any atom is 0.162 e. The van der Waals surface area contributed by atoms with Gasteiger partial charge in [0.25, 0.3) is 0 Å². The Hall–Kier alpha value is -2.74. The van der Waals surface area contributed by atoms with Gasteiger partial charge in [0, 0.05) is 33.4 Å². The quantitative estimate of drug-likeness (QED) is 0.631. The number of anilines is 1. The molecule has 6 heteroatoms. The first-order chi connectivity index (χ1) is 14.2. The highest BCUT2D eigenvalue weighted by molar-refractivity contribution is 6.35. The summed E-state index contributed by atoms with van der Waals surface area (Å²) in [7, 11) is 0. The topological polar surface area (TPSA) is 70.1 Å². The Bertz CT molecular complexity index is 1140. The number of para-hydroxylation sites is 1. The molecule has 0 spiro atoms. The molecule has 0 radical (unpaired) electrons. The molecule has 1 heterocycles. The molecule has 152 valence electrons. The van der Waals surface area contributed by atoms with Gasteiger partial charge in [-0.05, 0) is 41.7 Å². The van der Waals surface area contributed by atoms with Crippen LogP contribution in [0.3, 0.4) is 0 Å². The maximum atomic E-state index is 13.4. The number of benzene rings is 2. The number of halogens is 2. The molecule has 2 aliphatic rings. The number of Topliss-reactive ketones (excluding diaryl/α,β-unsaturated/α-hetero) is 1. The lowest BCUT2D eigenvalue weighted by Crippen LogP contribution is -2.42. The van der Waals surface area contributed by atoms with E-state index in [2.05, 4.69) is 19.9 Å². The molecule has 0 fully saturated rings. The first kappa shape index (κ1) is 20.5. The fourth-order valence-electron chi connectivity index (χ4n) is 4.43. The molecule has 1 aliphatic heterocycles. The van der Waals surface area contributed by atoms with Crippen molar-refractivity contribution in [2.45, 2.75) is 32.6 Å². The Balaban J connectivity index is 2.02. The number of nitrogens with two attached hydrogens (primary N) is 1. The Morgan fingerprint density at radius 1 is 1.13 bits per heavy atom. The van der Waals surface area contributed by atoms with Crippen LogP contribution in [0.4, 0.5) is 5.69 Å². The molecule has 2 aromatic carbocycles. The highest BCUT2D eigenvalue weighted by Crippen LogP contribution is 2.51. The van der Waals surface area contributed by atoms with Crippen LogP contribution in [0.1, 0.15) is 38.2 Å². The molecule has 0 aromatic heterocycles. The van der Waals surface area contributed by atoms with Gasteiger partial charge in [-0.3, -0.25) is 9.69 Å². The summed E-state index contributed by atoms with van der Waals surface area (Å²) in [5, 5.41) is 11.0. The molecular formula is C24H21Cl2N3O. The van der Waals surface area contributed by atoms with Crippen molar-refractivity contribution in [2.24, 2.45) is 11.1 Å². The largest absolute Gasteiger partial charge is 0.384 e. The third-order valence-electron chi connectivity index (χ3n) is 5.67. The van der Waals surface area contributed by atoms with Gasteiger partial charge in [0.15, 0.2) is 5.78 Å². The summed E-state index contributed by atoms with van der Waals surface area (Å²) in [4.78, 5) is 15.3. The van der Waals surface area contributed by atoms with Crippen molar-refractivity contribution < 1.29 is 4.79 Å². The zero-order valence-electron chi connectivity index (χ0n) is 16.7. The van der Waals surface area contributed by atoms with Crippen LogP contribution in [0.2, 0.25) is 10.0 Å². The lowest BCUT2D eigenvalue weighted by atomic mass is 9.68. The van der Waals surface area contributed by atoms with Crippen molar-refractivity contribution in [3.8, 4) is 6.07 Å². The number of rotatable bonds is 2. The average Bonchev–Trinajstić information content (AvgIpc) is 2.67. The predicted molar refractivity (Wildman–Crippen MR) is 120 cm³/mol. The summed E-state index contributed by atoms with van der Waals surface area (Å²) in [6.45, 7) is 4.14. The number of ketones is 1. The van der Waals surface area contributed by atoms with E-state index in [0.29, 0.717) is 45.4 Å². The van der Waals surface area contributed by atoms with E-state index in [4.69, 9.17) is 28.9 Å². The van der Waals surface area contributed by atoms with E-state index in [1.807, 2.05) is 35.2 Å². The smallest absolute Gasteiger partial charge is 0.162 e. The van der Waals surface area contributed by atoms with Crippen LogP contribution in [0.5, 0.6) is 0 Å². The predicted octanol–water partition coefficient (Wildman–Crippen LogP) is 5.93. The fraction of sp³-hybridized carbons (Fsp3) is 0.250. The molecule has 0 amide bonds. The van der Waals surface area contributed by atoms with Crippen molar-refractivity contribution in [2.75, 3.05) is 4.90 Å². The van der Waals surface area contributed by atoms with Crippen molar-refractivity contribution in [1.82, 2.24) is 0 Å². The molecule has 0 saturated carbocycles. The summed E-state index contributed by atoms with van der Waals surface area (Å²) in [5.41, 5.74) is 9.58. The Morgan fingerprint density at radius 2 is 1.83 bits per heavy atom. The molecule has 0 saturated heterocycles. The van der Waals surface area contributed by atoms with Crippen molar-refractivity contribution in [3.63, 3.8) is 0 Å². The summed E-state index contributed by atoms with van der Waals surface area (Å²) >= 11 is 12.6. The van der Waals surface area contributed by atoms with E-state index >= 15 is 0 Å². The first-order valence-electron chi connectivity index (χ1n) is 9.69. The molecule has 1 unspecified atom stereocenters. The van der Waals surface area contributed by atoms with Crippen LogP contribution in [0.15, 0.2) is 71.2 Å². The number of nitriles is 1. The first-order valence-corrected chi connectivity index (χ1v) is 10.5. The van der Waals surface area contributed by atoms with Gasteiger partial charge in [0.1, 0.15) is 5.82 Å². The van der Waals surface area contributed by atoms with Crippen LogP contribution in [0.25, 0.3) is 0 Å². The van der Waals surface area contributed by atoms with Gasteiger partial charge in [-0.2, -0.15) is 5.26 Å². The molecule has 2 N–H and O–H groups in total. The fourth-order valence-corrected chi connectivity index (χ4v) is 4.95. The number of hydrogen-bond donors (Lipinski definition) is 1. The van der Waals surface area contributed by atoms with E-state index in [1.165, 1.54) is 0 Å². The van der Waals surface area contributed by atoms with E-state index in [0.717, 1.165) is 11.4 Å². The molecule has 1 atom stereocenters. The van der Waals surface area contributed by atoms with Crippen LogP contribution >= 0.6 is 23.2 Å². The molecule has 2 aromatic rings. The second-order valence-corrected chi connectivity index (χ2v) is 9.33. The minimum Gasteiger partial charge on any atom is -0.384 e. The minimum absolute atomic E-state index is 0.0125. The highest BCUT2D eigenvalue weighted by Gasteiger charge is 2.45. The lowest BCUT2D eigenvalue weighted by Gasteiger charge is -2.43. The SMILES string of the molecule is CC1(C)CC(=O)C2=C(C1)N(c1ccccc1)C(N)=C(C#N)C2c1ccc(Cl)cc1Cl. The monoisotopic (exact) mass is 437 g/mol. The summed E-state index contributed by atoms with van der Waals surface area (Å²) < 4.78 is 0. The van der Waals surface area contributed by atoms with Crippen molar-refractivity contribution in [3.05, 3.63) is 86.8 Å². The van der Waals surface area contributed by atoms with E-state index in [-0.39, 0.29) is 11.2 Å². The molecule has 4 nitrogen and oxygen atoms in total. The molecule has 30 heavy (non-hydrogen) atoms. The molecule has 1 aliphatic carbocycles. The van der Waals surface area contributed by atoms with Crippen LogP contribution < -0.4 is 10.6 Å². The number of hydrogen-bond acceptors (Lipinski definition) is 4. The third kappa shape index (κ3) is 3.39. The second kappa shape index (κ2) is 7.50. The zero-order valence-corrected chi connectivity index (χ0v) is 18.3. The highest BCUT2D eigenvalue weighted by atomic mass is 35.5. The Morgan fingerprint density at radius 3 is 2.47 bits per heavy atom. The summed E-state index contributed by atoms with van der Waals surface area (Å²) in [5.74, 6) is -0.277. The molecule has 4 rings (SSSR count). The van der Waals surface area contributed by atoms with Gasteiger partial charge >= 0.3 is 0 Å². The summed E-state index contributed by atoms with van der Waals surface area (Å²) in [6.07, 6.45) is 1.05. The number of allylic oxidation sites excluding steroid dienone is 3. The van der Waals surface area contributed by atoms with Crippen LogP contribution in [0, 0.1) is 16.7 Å². The summed E-state index contributed by atoms with van der Waals surface area (Å²) in [6, 6.07) is 17.0. The number of carbonyl (C=O) groups excluding carboxylic acids is 1. The van der Waals surface area contributed by atoms with Gasteiger partial charge in [-0.15, -0.1) is 0 Å². The standard InChI is InChI=1S/C24H21Cl2N3O/c1-24(2)11-19-22(20(30)12-24)21(16-9-8-14(25)10-18(16)26)17(13-27)23(28)29(19)15-6-4-3-5-7-15/h3-10,21H,11-12,28H2,1-2H3. The van der Waals surface area contributed by atoms with Crippen LogP contribution in [-0.2, 0) is 4.79 Å². The van der Waals surface area contributed by atoms with Crippen molar-refractivity contribution in [1.29, 1.82) is 5.26 Å². The van der Waals surface area contributed by atoms with Gasteiger partial charge in [-0.25, -0.2) is 0 Å². The minimum atomic E-state index is -0.613. The Kier molecular flexibility index (Phi) is 5.13. The van der Waals surface area contributed by atoms with E-state index < -0.39 is 5.92 Å². The van der Waals surface area contributed by atoms with Gasteiger partial charge in [0.2, 0.25) is 0 Å². The lowest BCUT2D eigenvalue weighted by molar-refractivity contribution is -0.118. The van der Waals surface area contributed by atoms with E-state index in [1.54, 1.807) is 18.2 Å².